The van der Waals surface area contributed by atoms with Crippen molar-refractivity contribution < 1.29 is 28.2 Å². The number of anilines is 2. The van der Waals surface area contributed by atoms with Crippen LogP contribution in [0.25, 0.3) is 0 Å². The highest BCUT2D eigenvalue weighted by molar-refractivity contribution is 6.09. The Morgan fingerprint density at radius 2 is 1.73 bits per heavy atom. The number of rotatable bonds is 6. The summed E-state index contributed by atoms with van der Waals surface area (Å²) in [4.78, 5) is 27.5. The number of fused-ring (bicyclic) bond motifs is 1. The van der Waals surface area contributed by atoms with Crippen LogP contribution in [0, 0.1) is 5.82 Å². The molecule has 2 amide bonds. The van der Waals surface area contributed by atoms with Crippen molar-refractivity contribution in [2.45, 2.75) is 19.6 Å². The zero-order chi connectivity index (χ0) is 23.5. The zero-order valence-corrected chi connectivity index (χ0v) is 18.4. The van der Waals surface area contributed by atoms with Crippen molar-refractivity contribution in [3.8, 4) is 17.2 Å². The first-order valence-electron chi connectivity index (χ1n) is 10.3. The van der Waals surface area contributed by atoms with Crippen LogP contribution in [0.2, 0.25) is 0 Å². The predicted octanol–water partition coefficient (Wildman–Crippen LogP) is 4.41. The lowest BCUT2D eigenvalue weighted by molar-refractivity contribution is -0.125. The van der Waals surface area contributed by atoms with Crippen LogP contribution in [-0.4, -0.2) is 32.1 Å². The number of carbonyl (C=O) groups excluding carboxylic acids is 2. The molecule has 0 fully saturated rings. The first kappa shape index (κ1) is 22.1. The van der Waals surface area contributed by atoms with Gasteiger partial charge in [-0.2, -0.15) is 0 Å². The van der Waals surface area contributed by atoms with E-state index >= 15 is 0 Å². The minimum Gasteiger partial charge on any atom is -0.496 e. The number of nitrogens with zero attached hydrogens (tertiary/aromatic N) is 1. The van der Waals surface area contributed by atoms with Crippen LogP contribution in [0.15, 0.2) is 60.7 Å². The van der Waals surface area contributed by atoms with Crippen molar-refractivity contribution in [2.24, 2.45) is 0 Å². The highest BCUT2D eigenvalue weighted by Crippen LogP contribution is 2.38. The van der Waals surface area contributed by atoms with Crippen LogP contribution in [0.5, 0.6) is 17.2 Å². The molecule has 1 aliphatic heterocycles. The fourth-order valence-electron chi connectivity index (χ4n) is 3.69. The fraction of sp³-hybridized carbons (Fsp3) is 0.200. The summed E-state index contributed by atoms with van der Waals surface area (Å²) >= 11 is 0. The number of amides is 2. The number of benzene rings is 3. The second-order valence-corrected chi connectivity index (χ2v) is 7.49. The van der Waals surface area contributed by atoms with Crippen molar-refractivity contribution >= 4 is 23.2 Å². The third kappa shape index (κ3) is 4.45. The number of methoxy groups -OCH3 is 2. The average Bonchev–Trinajstić information content (AvgIpc) is 2.82. The number of carbonyl (C=O) groups is 2. The molecule has 0 aliphatic carbocycles. The largest absolute Gasteiger partial charge is 0.496 e. The molecule has 0 spiro atoms. The Balaban J connectivity index is 1.66. The molecule has 8 heteroatoms. The van der Waals surface area contributed by atoms with Crippen molar-refractivity contribution in [3.63, 3.8) is 0 Å². The Bertz CT molecular complexity index is 1170. The van der Waals surface area contributed by atoms with Gasteiger partial charge >= 0.3 is 0 Å². The Morgan fingerprint density at radius 1 is 1.06 bits per heavy atom. The van der Waals surface area contributed by atoms with E-state index in [1.807, 2.05) is 0 Å². The van der Waals surface area contributed by atoms with Gasteiger partial charge in [-0.3, -0.25) is 9.59 Å². The molecule has 0 bridgehead atoms. The lowest BCUT2D eigenvalue weighted by Gasteiger charge is -2.33. The molecule has 1 aliphatic rings. The maximum absolute atomic E-state index is 13.3. The van der Waals surface area contributed by atoms with Crippen LogP contribution < -0.4 is 24.4 Å². The molecule has 0 aromatic heterocycles. The van der Waals surface area contributed by atoms with E-state index in [4.69, 9.17) is 14.2 Å². The molecule has 0 radical (unpaired) electrons. The van der Waals surface area contributed by atoms with Gasteiger partial charge in [0.15, 0.2) is 6.10 Å². The van der Waals surface area contributed by atoms with Crippen LogP contribution >= 0.6 is 0 Å². The molecule has 1 unspecified atom stereocenters. The third-order valence-corrected chi connectivity index (χ3v) is 5.33. The summed E-state index contributed by atoms with van der Waals surface area (Å²) in [6, 6.07) is 16.1. The van der Waals surface area contributed by atoms with E-state index in [2.05, 4.69) is 5.32 Å². The maximum Gasteiger partial charge on any atom is 0.268 e. The van der Waals surface area contributed by atoms with E-state index in [9.17, 15) is 14.0 Å². The first-order valence-corrected chi connectivity index (χ1v) is 10.3. The van der Waals surface area contributed by atoms with Gasteiger partial charge in [-0.25, -0.2) is 4.39 Å². The smallest absolute Gasteiger partial charge is 0.268 e. The van der Waals surface area contributed by atoms with Gasteiger partial charge in [0.25, 0.3) is 11.8 Å². The Labute approximate surface area is 190 Å². The molecule has 7 nitrogen and oxygen atoms in total. The SMILES string of the molecule is COc1cccc(OC)c1C(=O)Nc1ccc2c(c1)N(Cc1ccc(F)cc1)C(=O)C(C)O2. The number of ether oxygens (including phenoxy) is 3. The van der Waals surface area contributed by atoms with E-state index in [0.29, 0.717) is 28.6 Å². The summed E-state index contributed by atoms with van der Waals surface area (Å²) < 4.78 is 29.7. The molecule has 0 saturated heterocycles. The lowest BCUT2D eigenvalue weighted by Crippen LogP contribution is -2.44. The summed E-state index contributed by atoms with van der Waals surface area (Å²) in [6.07, 6.45) is -0.670. The van der Waals surface area contributed by atoms with Crippen molar-refractivity contribution in [2.75, 3.05) is 24.4 Å². The van der Waals surface area contributed by atoms with E-state index in [-0.39, 0.29) is 23.8 Å². The van der Waals surface area contributed by atoms with Gasteiger partial charge < -0.3 is 24.4 Å². The van der Waals surface area contributed by atoms with E-state index in [1.54, 1.807) is 60.4 Å². The average molecular weight is 450 g/mol. The predicted molar refractivity (Wildman–Crippen MR) is 122 cm³/mol. The minimum atomic E-state index is -0.670. The molecule has 3 aromatic carbocycles. The molecular weight excluding hydrogens is 427 g/mol. The topological polar surface area (TPSA) is 77.1 Å². The maximum atomic E-state index is 13.3. The molecule has 33 heavy (non-hydrogen) atoms. The number of hydrogen-bond donors (Lipinski definition) is 1. The van der Waals surface area contributed by atoms with Gasteiger partial charge in [0.2, 0.25) is 0 Å². The Kier molecular flexibility index (Phi) is 6.17. The molecular formula is C25H23FN2O5. The highest BCUT2D eigenvalue weighted by Gasteiger charge is 2.32. The summed E-state index contributed by atoms with van der Waals surface area (Å²) in [5, 5.41) is 2.83. The number of hydrogen-bond acceptors (Lipinski definition) is 5. The summed E-state index contributed by atoms with van der Waals surface area (Å²) in [6.45, 7) is 1.91. The first-order chi connectivity index (χ1) is 15.9. The van der Waals surface area contributed by atoms with Crippen molar-refractivity contribution in [1.29, 1.82) is 0 Å². The van der Waals surface area contributed by atoms with Crippen LogP contribution in [0.3, 0.4) is 0 Å². The summed E-state index contributed by atoms with van der Waals surface area (Å²) in [5.41, 5.74) is 1.98. The van der Waals surface area contributed by atoms with Crippen molar-refractivity contribution in [1.82, 2.24) is 0 Å². The summed E-state index contributed by atoms with van der Waals surface area (Å²) in [7, 11) is 2.95. The normalized spacial score (nSPS) is 14.8. The zero-order valence-electron chi connectivity index (χ0n) is 18.4. The monoisotopic (exact) mass is 450 g/mol. The molecule has 1 heterocycles. The second-order valence-electron chi connectivity index (χ2n) is 7.49. The molecule has 3 aromatic rings. The van der Waals surface area contributed by atoms with Crippen LogP contribution in [0.1, 0.15) is 22.8 Å². The quantitative estimate of drug-likeness (QED) is 0.602. The highest BCUT2D eigenvalue weighted by atomic mass is 19.1. The molecule has 1 atom stereocenters. The van der Waals surface area contributed by atoms with Crippen LogP contribution in [-0.2, 0) is 11.3 Å². The molecule has 0 saturated carbocycles. The van der Waals surface area contributed by atoms with Gasteiger partial charge in [-0.05, 0) is 55.0 Å². The standard InChI is InChI=1S/C25H23FN2O5/c1-15-25(30)28(14-16-7-9-17(26)10-8-16)19-13-18(11-12-20(19)33-15)27-24(29)23-21(31-2)5-4-6-22(23)32-3/h4-13,15H,14H2,1-3H3,(H,27,29). The second kappa shape index (κ2) is 9.20. The lowest BCUT2D eigenvalue weighted by atomic mass is 10.1. The molecule has 170 valence electrons. The van der Waals surface area contributed by atoms with Gasteiger partial charge in [0, 0.05) is 5.69 Å². The van der Waals surface area contributed by atoms with E-state index in [1.165, 1.54) is 26.4 Å². The number of halogens is 1. The van der Waals surface area contributed by atoms with Gasteiger partial charge in [-0.1, -0.05) is 18.2 Å². The Hall–Kier alpha value is -4.07. The fourth-order valence-corrected chi connectivity index (χ4v) is 3.69. The van der Waals surface area contributed by atoms with E-state index < -0.39 is 12.0 Å². The third-order valence-electron chi connectivity index (χ3n) is 5.33. The van der Waals surface area contributed by atoms with Gasteiger partial charge in [-0.15, -0.1) is 0 Å². The minimum absolute atomic E-state index is 0.234. The van der Waals surface area contributed by atoms with Gasteiger partial charge in [0.05, 0.1) is 26.5 Å². The van der Waals surface area contributed by atoms with Gasteiger partial charge in [0.1, 0.15) is 28.6 Å². The Morgan fingerprint density at radius 3 is 2.36 bits per heavy atom. The summed E-state index contributed by atoms with van der Waals surface area (Å²) in [5.74, 6) is 0.243. The van der Waals surface area contributed by atoms with Crippen LogP contribution in [0.4, 0.5) is 15.8 Å². The van der Waals surface area contributed by atoms with Crippen molar-refractivity contribution in [3.05, 3.63) is 77.6 Å². The molecule has 4 rings (SSSR count). The molecule has 1 N–H and O–H groups in total. The van der Waals surface area contributed by atoms with E-state index in [0.717, 1.165) is 5.56 Å². The number of nitrogens with one attached hydrogen (secondary N) is 1.